The quantitative estimate of drug-likeness (QED) is 0.511. The van der Waals surface area contributed by atoms with Crippen molar-refractivity contribution in [1.82, 2.24) is 0 Å². The highest BCUT2D eigenvalue weighted by Crippen LogP contribution is 2.26. The van der Waals surface area contributed by atoms with E-state index < -0.39 is 6.11 Å². The summed E-state index contributed by atoms with van der Waals surface area (Å²) < 4.78 is 30.3. The fraction of sp³-hybridized carbons (Fsp3) is 0.476. The fourth-order valence-electron chi connectivity index (χ4n) is 2.87. The van der Waals surface area contributed by atoms with Crippen molar-refractivity contribution < 1.29 is 14.9 Å². The van der Waals surface area contributed by atoms with E-state index in [0.29, 0.717) is 18.7 Å². The Hall–Kier alpha value is -2.17. The zero-order valence-electron chi connectivity index (χ0n) is 15.8. The summed E-state index contributed by atoms with van der Waals surface area (Å²) in [5.74, 6) is 0.356. The Morgan fingerprint density at radius 1 is 1.31 bits per heavy atom. The number of ether oxygens (including phenoxy) is 1. The lowest BCUT2D eigenvalue weighted by Crippen LogP contribution is -2.19. The molecule has 144 valence electrons. The number of nitrogens with two attached hydrogens (primary N) is 1. The minimum absolute atomic E-state index is 0. The molecule has 0 atom stereocenters. The molecule has 0 aliphatic heterocycles. The van der Waals surface area contributed by atoms with E-state index in [1.54, 1.807) is 12.1 Å². The van der Waals surface area contributed by atoms with E-state index in [0.717, 1.165) is 37.0 Å². The molecule has 0 radical (unpaired) electrons. The number of hydrogen-bond donors (Lipinski definition) is 1. The van der Waals surface area contributed by atoms with Gasteiger partial charge in [0.05, 0.1) is 6.04 Å². The minimum atomic E-state index is -3.20. The number of rotatable bonds is 6. The van der Waals surface area contributed by atoms with E-state index in [1.165, 1.54) is 17.7 Å². The normalized spacial score (nSPS) is 17.7. The fourth-order valence-corrected chi connectivity index (χ4v) is 2.87. The molecule has 2 rings (SSSR count). The number of hydrogen-bond acceptors (Lipinski definition) is 3. The highest BCUT2D eigenvalue weighted by molar-refractivity contribution is 6.01. The third kappa shape index (κ3) is 6.28. The van der Waals surface area contributed by atoms with Crippen LogP contribution in [0, 0.1) is 5.92 Å². The van der Waals surface area contributed by atoms with Crippen molar-refractivity contribution in [2.45, 2.75) is 58.6 Å². The Morgan fingerprint density at radius 2 is 1.88 bits per heavy atom. The first kappa shape index (κ1) is 20.1. The van der Waals surface area contributed by atoms with E-state index in [-0.39, 0.29) is 13.1 Å². The number of nitrogens with zero attached hydrogens (tertiary/aromatic N) is 1. The van der Waals surface area contributed by atoms with Gasteiger partial charge < -0.3 is 10.5 Å². The Bertz CT molecular complexity index is 681. The van der Waals surface area contributed by atoms with E-state index in [4.69, 9.17) is 10.7 Å². The van der Waals surface area contributed by atoms with Gasteiger partial charge in [-0.25, -0.2) is 0 Å². The maximum absolute atomic E-state index is 12.9. The van der Waals surface area contributed by atoms with Crippen LogP contribution in [0.2, 0.25) is 0 Å². The third-order valence-electron chi connectivity index (χ3n) is 4.37. The van der Waals surface area contributed by atoms with Crippen molar-refractivity contribution in [3.05, 3.63) is 48.1 Å². The number of aliphatic imine (C=N–C) groups is 1. The van der Waals surface area contributed by atoms with E-state index >= 15 is 0 Å². The van der Waals surface area contributed by atoms with Crippen LogP contribution in [0.15, 0.2) is 47.5 Å². The molecule has 0 heterocycles. The SMILES string of the molecule is C=C1CCC(N=C(/C=C(\N)c2ccc(OC(C)(F)F)cc2)C(C)C)CC1.[HH]. The molecule has 0 saturated heterocycles. The average Bonchev–Trinajstić information content (AvgIpc) is 2.55. The first-order valence-corrected chi connectivity index (χ1v) is 9.03. The first-order chi connectivity index (χ1) is 12.1. The molecule has 5 heteroatoms. The summed E-state index contributed by atoms with van der Waals surface area (Å²) in [5.41, 5.74) is 9.79. The molecule has 1 aliphatic rings. The molecule has 0 amide bonds. The van der Waals surface area contributed by atoms with Crippen LogP contribution >= 0.6 is 0 Å². The third-order valence-corrected chi connectivity index (χ3v) is 4.37. The van der Waals surface area contributed by atoms with Crippen molar-refractivity contribution >= 4 is 11.4 Å². The molecular formula is C21H30F2N2O. The van der Waals surface area contributed by atoms with Crippen LogP contribution in [0.1, 0.15) is 53.4 Å². The summed E-state index contributed by atoms with van der Waals surface area (Å²) in [6.45, 7) is 8.93. The van der Waals surface area contributed by atoms with Crippen LogP contribution in [-0.2, 0) is 0 Å². The van der Waals surface area contributed by atoms with Gasteiger partial charge in [-0.1, -0.05) is 26.0 Å². The van der Waals surface area contributed by atoms with E-state index in [9.17, 15) is 8.78 Å². The molecule has 3 nitrogen and oxygen atoms in total. The molecule has 1 saturated carbocycles. The summed E-state index contributed by atoms with van der Waals surface area (Å²) in [4.78, 5) is 4.90. The summed E-state index contributed by atoms with van der Waals surface area (Å²) in [6, 6.07) is 6.65. The standard InChI is InChI=1S/C21H28F2N2O.H2/c1-14(2)20(25-17-9-5-15(3)6-10-17)13-19(24)16-7-11-18(12-8-16)26-21(4,22)23;/h7-8,11-14,17H,3,5-6,9-10,24H2,1-2,4H3;1H/b19-13-,25-20?;. The topological polar surface area (TPSA) is 47.6 Å². The Kier molecular flexibility index (Phi) is 6.57. The smallest absolute Gasteiger partial charge is 0.394 e. The van der Waals surface area contributed by atoms with Crippen LogP contribution in [0.5, 0.6) is 5.75 Å². The number of alkyl halides is 2. The van der Waals surface area contributed by atoms with Crippen LogP contribution in [0.3, 0.4) is 0 Å². The highest BCUT2D eigenvalue weighted by atomic mass is 19.3. The first-order valence-electron chi connectivity index (χ1n) is 9.03. The van der Waals surface area contributed by atoms with Crippen molar-refractivity contribution in [2.24, 2.45) is 16.6 Å². The lowest BCUT2D eigenvalue weighted by Gasteiger charge is -2.21. The van der Waals surface area contributed by atoms with Crippen LogP contribution in [0.25, 0.3) is 5.70 Å². The van der Waals surface area contributed by atoms with Gasteiger partial charge in [-0.05, 0) is 67.5 Å². The van der Waals surface area contributed by atoms with Gasteiger partial charge in [0, 0.05) is 19.8 Å². The maximum atomic E-state index is 12.9. The zero-order valence-corrected chi connectivity index (χ0v) is 15.8. The second-order valence-corrected chi connectivity index (χ2v) is 7.22. The molecule has 0 unspecified atom stereocenters. The summed E-state index contributed by atoms with van der Waals surface area (Å²) >= 11 is 0. The molecule has 1 aromatic carbocycles. The second kappa shape index (κ2) is 8.47. The van der Waals surface area contributed by atoms with Gasteiger partial charge >= 0.3 is 6.11 Å². The minimum Gasteiger partial charge on any atom is -0.433 e. The van der Waals surface area contributed by atoms with Gasteiger partial charge in [0.25, 0.3) is 0 Å². The number of allylic oxidation sites excluding steroid dienone is 2. The molecule has 1 aromatic rings. The predicted octanol–water partition coefficient (Wildman–Crippen LogP) is 5.82. The van der Waals surface area contributed by atoms with Crippen LogP contribution < -0.4 is 10.5 Å². The summed E-state index contributed by atoms with van der Waals surface area (Å²) in [6.07, 6.45) is 2.80. The molecular weight excluding hydrogens is 334 g/mol. The lowest BCUT2D eigenvalue weighted by molar-refractivity contribution is -0.158. The van der Waals surface area contributed by atoms with Crippen molar-refractivity contribution in [3.8, 4) is 5.75 Å². The summed E-state index contributed by atoms with van der Waals surface area (Å²) in [5, 5.41) is 0. The second-order valence-electron chi connectivity index (χ2n) is 7.22. The Morgan fingerprint density at radius 3 is 2.38 bits per heavy atom. The van der Waals surface area contributed by atoms with Gasteiger partial charge in [-0.2, -0.15) is 8.78 Å². The Balaban J connectivity index is 0.00000364. The largest absolute Gasteiger partial charge is 0.433 e. The summed E-state index contributed by atoms with van der Waals surface area (Å²) in [7, 11) is 0. The highest BCUT2D eigenvalue weighted by Gasteiger charge is 2.23. The van der Waals surface area contributed by atoms with Crippen molar-refractivity contribution in [1.29, 1.82) is 0 Å². The zero-order chi connectivity index (χ0) is 19.3. The molecule has 0 bridgehead atoms. The maximum Gasteiger partial charge on any atom is 0.394 e. The van der Waals surface area contributed by atoms with Gasteiger partial charge in [-0.3, -0.25) is 4.99 Å². The van der Waals surface area contributed by atoms with Gasteiger partial charge in [0.15, 0.2) is 0 Å². The van der Waals surface area contributed by atoms with Gasteiger partial charge in [0.2, 0.25) is 0 Å². The van der Waals surface area contributed by atoms with E-state index in [2.05, 4.69) is 25.2 Å². The molecule has 1 fully saturated rings. The predicted molar refractivity (Wildman–Crippen MR) is 106 cm³/mol. The number of benzene rings is 1. The van der Waals surface area contributed by atoms with Crippen LogP contribution in [0.4, 0.5) is 8.78 Å². The van der Waals surface area contributed by atoms with Crippen molar-refractivity contribution in [3.63, 3.8) is 0 Å². The lowest BCUT2D eigenvalue weighted by atomic mass is 9.92. The Labute approximate surface area is 156 Å². The molecule has 1 aliphatic carbocycles. The van der Waals surface area contributed by atoms with E-state index in [1.807, 2.05) is 6.08 Å². The molecule has 26 heavy (non-hydrogen) atoms. The van der Waals surface area contributed by atoms with Crippen LogP contribution in [-0.4, -0.2) is 17.9 Å². The molecule has 0 aromatic heterocycles. The van der Waals surface area contributed by atoms with Gasteiger partial charge in [0.1, 0.15) is 5.75 Å². The van der Waals surface area contributed by atoms with Gasteiger partial charge in [-0.15, -0.1) is 0 Å². The average molecular weight is 364 g/mol. The van der Waals surface area contributed by atoms with Crippen molar-refractivity contribution in [2.75, 3.05) is 0 Å². The molecule has 0 spiro atoms. The molecule has 2 N–H and O–H groups in total. The number of halogens is 2. The monoisotopic (exact) mass is 364 g/mol.